The molecular weight excluding hydrogens is 269 g/mol. The Bertz CT molecular complexity index is 413. The summed E-state index contributed by atoms with van der Waals surface area (Å²) in [6, 6.07) is 1.98. The van der Waals surface area contributed by atoms with Crippen LogP contribution in [0.5, 0.6) is 0 Å². The molecule has 94 valence electrons. The maximum absolute atomic E-state index is 12.5. The van der Waals surface area contributed by atoms with E-state index in [1.165, 1.54) is 17.8 Å². The zero-order chi connectivity index (χ0) is 12.7. The van der Waals surface area contributed by atoms with Gasteiger partial charge in [0.25, 0.3) is 0 Å². The van der Waals surface area contributed by atoms with Crippen LogP contribution in [0.3, 0.4) is 0 Å². The highest BCUT2D eigenvalue weighted by Gasteiger charge is 2.65. The van der Waals surface area contributed by atoms with Gasteiger partial charge in [-0.1, -0.05) is 19.4 Å². The fourth-order valence-corrected chi connectivity index (χ4v) is 2.39. The summed E-state index contributed by atoms with van der Waals surface area (Å²) in [5.74, 6) is 0.200. The van der Waals surface area contributed by atoms with E-state index >= 15 is 0 Å². The van der Waals surface area contributed by atoms with Crippen LogP contribution in [0.2, 0.25) is 0 Å². The Balaban J connectivity index is 3.38. The molecule has 0 aliphatic heterocycles. The van der Waals surface area contributed by atoms with Gasteiger partial charge in [-0.05, 0) is 30.0 Å². The number of benzene rings is 1. The number of nitrogens with two attached hydrogens (primary N) is 1. The van der Waals surface area contributed by atoms with Crippen molar-refractivity contribution in [2.45, 2.75) is 10.6 Å². The van der Waals surface area contributed by atoms with Crippen LogP contribution in [0.1, 0.15) is 5.56 Å². The highest BCUT2D eigenvalue weighted by atomic mass is 32.5. The molecule has 0 spiro atoms. The van der Waals surface area contributed by atoms with Gasteiger partial charge in [0.2, 0.25) is 0 Å². The SMILES string of the molecule is CSCc1cc(N)cc(S(F)(F)(F)(F)F)c1. The van der Waals surface area contributed by atoms with Gasteiger partial charge in [0.05, 0.1) is 0 Å². The molecule has 0 bridgehead atoms. The number of hydrogen-bond donors (Lipinski definition) is 1. The molecule has 0 saturated heterocycles. The molecule has 1 aromatic carbocycles. The second kappa shape index (κ2) is 3.19. The average molecular weight is 279 g/mol. The lowest BCUT2D eigenvalue weighted by Gasteiger charge is -2.40. The van der Waals surface area contributed by atoms with Gasteiger partial charge in [0.15, 0.2) is 0 Å². The first-order chi connectivity index (χ1) is 6.92. The minimum absolute atomic E-state index is 0.135. The van der Waals surface area contributed by atoms with E-state index in [1.807, 2.05) is 0 Å². The van der Waals surface area contributed by atoms with Crippen molar-refractivity contribution in [3.63, 3.8) is 0 Å². The topological polar surface area (TPSA) is 26.0 Å². The van der Waals surface area contributed by atoms with Gasteiger partial charge in [-0.25, -0.2) is 0 Å². The standard InChI is InChI=1S/C8H10F5NS2/c1-15-5-6-2-7(14)4-8(3-6)16(9,10,11,12)13/h2-4H,5,14H2,1H3. The molecule has 0 aromatic heterocycles. The largest absolute Gasteiger partial charge is 0.399 e. The molecule has 16 heavy (non-hydrogen) atoms. The average Bonchev–Trinajstić information content (AvgIpc) is 1.99. The number of anilines is 1. The lowest BCUT2D eigenvalue weighted by Crippen LogP contribution is -2.07. The van der Waals surface area contributed by atoms with Gasteiger partial charge in [-0.3, -0.25) is 0 Å². The van der Waals surface area contributed by atoms with E-state index in [9.17, 15) is 19.4 Å². The first-order valence-electron chi connectivity index (χ1n) is 4.05. The van der Waals surface area contributed by atoms with Gasteiger partial charge in [0.1, 0.15) is 4.90 Å². The van der Waals surface area contributed by atoms with Crippen LogP contribution in [0, 0.1) is 0 Å². The normalized spacial score (nSPS) is 16.6. The molecule has 0 heterocycles. The first-order valence-corrected chi connectivity index (χ1v) is 7.39. The Morgan fingerprint density at radius 3 is 2.12 bits per heavy atom. The zero-order valence-corrected chi connectivity index (χ0v) is 9.86. The van der Waals surface area contributed by atoms with Crippen LogP contribution in [-0.2, 0) is 5.75 Å². The number of rotatable bonds is 3. The molecule has 8 heteroatoms. The van der Waals surface area contributed by atoms with Crippen molar-refractivity contribution in [1.82, 2.24) is 0 Å². The van der Waals surface area contributed by atoms with Gasteiger partial charge in [0, 0.05) is 11.4 Å². The molecule has 2 N–H and O–H groups in total. The van der Waals surface area contributed by atoms with Gasteiger partial charge < -0.3 is 5.73 Å². The highest BCUT2D eigenvalue weighted by molar-refractivity contribution is 8.45. The Labute approximate surface area is 93.9 Å². The monoisotopic (exact) mass is 279 g/mol. The summed E-state index contributed by atoms with van der Waals surface area (Å²) in [5, 5.41) is 0. The van der Waals surface area contributed by atoms with Gasteiger partial charge in [-0.15, -0.1) is 0 Å². The third-order valence-corrected chi connectivity index (χ3v) is 3.49. The van der Waals surface area contributed by atoms with E-state index < -0.39 is 15.1 Å². The molecule has 0 aliphatic rings. The van der Waals surface area contributed by atoms with Crippen molar-refractivity contribution in [2.24, 2.45) is 0 Å². The summed E-state index contributed by atoms with van der Waals surface area (Å²) in [6.45, 7) is 0. The molecule has 0 aliphatic carbocycles. The summed E-state index contributed by atoms with van der Waals surface area (Å²) in [7, 11) is -9.62. The molecule has 0 unspecified atom stereocenters. The zero-order valence-electron chi connectivity index (χ0n) is 8.22. The smallest absolute Gasteiger partial charge is 0.310 e. The number of halogens is 5. The maximum atomic E-state index is 12.5. The van der Waals surface area contributed by atoms with Crippen molar-refractivity contribution in [2.75, 3.05) is 12.0 Å². The van der Waals surface area contributed by atoms with Crippen molar-refractivity contribution in [3.05, 3.63) is 23.8 Å². The summed E-state index contributed by atoms with van der Waals surface area (Å²) in [4.78, 5) is -1.93. The van der Waals surface area contributed by atoms with E-state index in [1.54, 1.807) is 6.26 Å². The summed E-state index contributed by atoms with van der Waals surface area (Å²) >= 11 is 1.23. The van der Waals surface area contributed by atoms with Crippen molar-refractivity contribution >= 4 is 27.7 Å². The second-order valence-electron chi connectivity index (χ2n) is 3.31. The highest BCUT2D eigenvalue weighted by Crippen LogP contribution is 3.02. The van der Waals surface area contributed by atoms with E-state index in [0.29, 0.717) is 6.07 Å². The second-order valence-corrected chi connectivity index (χ2v) is 6.59. The minimum atomic E-state index is -9.62. The molecule has 1 rings (SSSR count). The lowest BCUT2D eigenvalue weighted by atomic mass is 10.2. The van der Waals surface area contributed by atoms with Gasteiger partial charge in [-0.2, -0.15) is 11.8 Å². The van der Waals surface area contributed by atoms with Crippen LogP contribution < -0.4 is 5.73 Å². The predicted octanol–water partition coefficient (Wildman–Crippen LogP) is 4.79. The molecule has 0 fully saturated rings. The molecule has 0 amide bonds. The summed E-state index contributed by atoms with van der Waals surface area (Å²) in [5.41, 5.74) is 5.01. The molecule has 0 atom stereocenters. The van der Waals surface area contributed by atoms with E-state index in [0.717, 1.165) is 0 Å². The Hall–Kier alpha value is -0.630. The van der Waals surface area contributed by atoms with E-state index in [-0.39, 0.29) is 23.1 Å². The predicted molar refractivity (Wildman–Crippen MR) is 59.5 cm³/mol. The molecule has 1 nitrogen and oxygen atoms in total. The Morgan fingerprint density at radius 2 is 1.69 bits per heavy atom. The fraction of sp³-hybridized carbons (Fsp3) is 0.250. The summed E-state index contributed by atoms with van der Waals surface area (Å²) < 4.78 is 62.4. The molecule has 0 radical (unpaired) electrons. The first kappa shape index (κ1) is 13.4. The Morgan fingerprint density at radius 1 is 1.12 bits per heavy atom. The quantitative estimate of drug-likeness (QED) is 0.636. The maximum Gasteiger partial charge on any atom is 0.310 e. The van der Waals surface area contributed by atoms with Crippen LogP contribution in [0.25, 0.3) is 0 Å². The number of thioether (sulfide) groups is 1. The van der Waals surface area contributed by atoms with Crippen molar-refractivity contribution in [1.29, 1.82) is 0 Å². The van der Waals surface area contributed by atoms with Gasteiger partial charge >= 0.3 is 10.2 Å². The molecule has 1 aromatic rings. The van der Waals surface area contributed by atoms with Crippen LogP contribution in [0.15, 0.2) is 23.1 Å². The van der Waals surface area contributed by atoms with Crippen LogP contribution in [0.4, 0.5) is 25.1 Å². The lowest BCUT2D eigenvalue weighted by molar-refractivity contribution is 0.364. The summed E-state index contributed by atoms with van der Waals surface area (Å²) in [6.07, 6.45) is 1.66. The van der Waals surface area contributed by atoms with Crippen LogP contribution >= 0.6 is 22.0 Å². The third-order valence-electron chi connectivity index (χ3n) is 1.75. The molecule has 0 saturated carbocycles. The van der Waals surface area contributed by atoms with Crippen LogP contribution in [-0.4, -0.2) is 6.26 Å². The fourth-order valence-electron chi connectivity index (χ4n) is 1.16. The third kappa shape index (κ3) is 3.44. The number of nitrogen functional groups attached to an aromatic ring is 1. The molecular formula is C8H10F5NS2. The van der Waals surface area contributed by atoms with Crippen molar-refractivity contribution < 1.29 is 19.4 Å². The Kier molecular flexibility index (Phi) is 2.68. The van der Waals surface area contributed by atoms with Crippen molar-refractivity contribution in [3.8, 4) is 0 Å². The number of hydrogen-bond acceptors (Lipinski definition) is 2. The van der Waals surface area contributed by atoms with E-state index in [4.69, 9.17) is 5.73 Å². The minimum Gasteiger partial charge on any atom is -0.399 e. The van der Waals surface area contributed by atoms with E-state index in [2.05, 4.69) is 0 Å².